The SMILES string of the molecule is CC(C)CCN(CCC(C)C)CC1(CN)CCCOC1. The van der Waals surface area contributed by atoms with Gasteiger partial charge in [0.25, 0.3) is 0 Å². The molecule has 0 radical (unpaired) electrons. The minimum atomic E-state index is 0.201. The van der Waals surface area contributed by atoms with E-state index in [0.29, 0.717) is 0 Å². The van der Waals surface area contributed by atoms with E-state index in [9.17, 15) is 0 Å². The molecule has 1 unspecified atom stereocenters. The molecule has 1 fully saturated rings. The maximum Gasteiger partial charge on any atom is 0.0546 e. The summed E-state index contributed by atoms with van der Waals surface area (Å²) in [4.78, 5) is 2.64. The van der Waals surface area contributed by atoms with E-state index in [1.165, 1.54) is 38.8 Å². The van der Waals surface area contributed by atoms with Crippen LogP contribution in [0.2, 0.25) is 0 Å². The van der Waals surface area contributed by atoms with Gasteiger partial charge in [-0.3, -0.25) is 0 Å². The highest BCUT2D eigenvalue weighted by molar-refractivity contribution is 4.86. The first-order valence-corrected chi connectivity index (χ1v) is 8.47. The average molecular weight is 284 g/mol. The quantitative estimate of drug-likeness (QED) is 0.707. The van der Waals surface area contributed by atoms with Crippen LogP contribution in [-0.2, 0) is 4.74 Å². The van der Waals surface area contributed by atoms with Crippen LogP contribution in [0.3, 0.4) is 0 Å². The third kappa shape index (κ3) is 6.55. The van der Waals surface area contributed by atoms with Crippen molar-refractivity contribution >= 4 is 0 Å². The van der Waals surface area contributed by atoms with Crippen molar-refractivity contribution in [3.63, 3.8) is 0 Å². The first-order chi connectivity index (χ1) is 9.47. The lowest BCUT2D eigenvalue weighted by atomic mass is 9.82. The molecule has 1 aliphatic heterocycles. The molecule has 3 heteroatoms. The van der Waals surface area contributed by atoms with E-state index in [1.54, 1.807) is 0 Å². The largest absolute Gasteiger partial charge is 0.381 e. The first kappa shape index (κ1) is 17.9. The van der Waals surface area contributed by atoms with Crippen LogP contribution in [0.4, 0.5) is 0 Å². The minimum absolute atomic E-state index is 0.201. The normalized spacial score (nSPS) is 24.0. The predicted octanol–water partition coefficient (Wildman–Crippen LogP) is 3.14. The molecule has 120 valence electrons. The molecule has 0 aromatic carbocycles. The molecule has 0 aliphatic carbocycles. The molecule has 1 heterocycles. The molecule has 1 saturated heterocycles. The van der Waals surface area contributed by atoms with E-state index in [2.05, 4.69) is 32.6 Å². The standard InChI is InChI=1S/C17H36N2O/c1-15(2)6-9-19(10-7-16(3)4)13-17(12-18)8-5-11-20-14-17/h15-16H,5-14,18H2,1-4H3. The van der Waals surface area contributed by atoms with E-state index < -0.39 is 0 Å². The van der Waals surface area contributed by atoms with Crippen molar-refractivity contribution in [3.8, 4) is 0 Å². The molecule has 0 bridgehead atoms. The number of hydrogen-bond donors (Lipinski definition) is 1. The molecule has 1 rings (SSSR count). The zero-order valence-electron chi connectivity index (χ0n) is 14.2. The van der Waals surface area contributed by atoms with Gasteiger partial charge in [-0.15, -0.1) is 0 Å². The van der Waals surface area contributed by atoms with Crippen molar-refractivity contribution in [3.05, 3.63) is 0 Å². The molecule has 0 aromatic heterocycles. The van der Waals surface area contributed by atoms with Gasteiger partial charge >= 0.3 is 0 Å². The van der Waals surface area contributed by atoms with E-state index in [4.69, 9.17) is 10.5 Å². The summed E-state index contributed by atoms with van der Waals surface area (Å²) in [7, 11) is 0. The highest BCUT2D eigenvalue weighted by atomic mass is 16.5. The summed E-state index contributed by atoms with van der Waals surface area (Å²) < 4.78 is 5.72. The summed E-state index contributed by atoms with van der Waals surface area (Å²) in [6.45, 7) is 15.3. The zero-order valence-corrected chi connectivity index (χ0v) is 14.2. The molecule has 0 spiro atoms. The van der Waals surface area contributed by atoms with Crippen LogP contribution in [0.5, 0.6) is 0 Å². The van der Waals surface area contributed by atoms with Gasteiger partial charge in [-0.05, 0) is 50.6 Å². The van der Waals surface area contributed by atoms with Gasteiger partial charge < -0.3 is 15.4 Å². The minimum Gasteiger partial charge on any atom is -0.381 e. The summed E-state index contributed by atoms with van der Waals surface area (Å²) in [6.07, 6.45) is 4.95. The molecule has 1 atom stereocenters. The Morgan fingerprint density at radius 3 is 2.10 bits per heavy atom. The van der Waals surface area contributed by atoms with Crippen LogP contribution in [0.15, 0.2) is 0 Å². The summed E-state index contributed by atoms with van der Waals surface area (Å²) in [5.41, 5.74) is 6.29. The third-order valence-electron chi connectivity index (χ3n) is 4.44. The second-order valence-corrected chi connectivity index (χ2v) is 7.50. The lowest BCUT2D eigenvalue weighted by molar-refractivity contribution is -0.0229. The molecule has 20 heavy (non-hydrogen) atoms. The highest BCUT2D eigenvalue weighted by Gasteiger charge is 2.33. The van der Waals surface area contributed by atoms with Gasteiger partial charge in [-0.25, -0.2) is 0 Å². The maximum atomic E-state index is 6.09. The molecule has 2 N–H and O–H groups in total. The van der Waals surface area contributed by atoms with Gasteiger partial charge in [0.05, 0.1) is 6.61 Å². The first-order valence-electron chi connectivity index (χ1n) is 8.47. The Labute approximate surface area is 126 Å². The van der Waals surface area contributed by atoms with Crippen LogP contribution < -0.4 is 5.73 Å². The molecule has 3 nitrogen and oxygen atoms in total. The van der Waals surface area contributed by atoms with E-state index >= 15 is 0 Å². The van der Waals surface area contributed by atoms with Crippen molar-refractivity contribution in [2.75, 3.05) is 39.4 Å². The van der Waals surface area contributed by atoms with Crippen molar-refractivity contribution in [2.45, 2.75) is 53.4 Å². The molecule has 0 aromatic rings. The fourth-order valence-corrected chi connectivity index (χ4v) is 2.89. The third-order valence-corrected chi connectivity index (χ3v) is 4.44. The van der Waals surface area contributed by atoms with Gasteiger partial charge in [0.2, 0.25) is 0 Å². The molecular formula is C17H36N2O. The van der Waals surface area contributed by atoms with Gasteiger partial charge in [0.15, 0.2) is 0 Å². The monoisotopic (exact) mass is 284 g/mol. The average Bonchev–Trinajstić information content (AvgIpc) is 2.42. The Morgan fingerprint density at radius 2 is 1.70 bits per heavy atom. The van der Waals surface area contributed by atoms with Gasteiger partial charge in [-0.1, -0.05) is 27.7 Å². The van der Waals surface area contributed by atoms with E-state index in [1.807, 2.05) is 0 Å². The van der Waals surface area contributed by atoms with Crippen molar-refractivity contribution < 1.29 is 4.74 Å². The van der Waals surface area contributed by atoms with Gasteiger partial charge in [-0.2, -0.15) is 0 Å². The highest BCUT2D eigenvalue weighted by Crippen LogP contribution is 2.29. The fraction of sp³-hybridized carbons (Fsp3) is 1.00. The van der Waals surface area contributed by atoms with Crippen LogP contribution in [0.25, 0.3) is 0 Å². The van der Waals surface area contributed by atoms with Crippen molar-refractivity contribution in [1.82, 2.24) is 4.90 Å². The van der Waals surface area contributed by atoms with E-state index in [-0.39, 0.29) is 5.41 Å². The Morgan fingerprint density at radius 1 is 1.10 bits per heavy atom. The van der Waals surface area contributed by atoms with Gasteiger partial charge in [0.1, 0.15) is 0 Å². The number of ether oxygens (including phenoxy) is 1. The van der Waals surface area contributed by atoms with E-state index in [0.717, 1.165) is 38.1 Å². The molecular weight excluding hydrogens is 248 g/mol. The number of rotatable bonds is 9. The summed E-state index contributed by atoms with van der Waals surface area (Å²) >= 11 is 0. The second-order valence-electron chi connectivity index (χ2n) is 7.50. The molecule has 1 aliphatic rings. The molecule has 0 amide bonds. The Kier molecular flexibility index (Phi) is 8.08. The van der Waals surface area contributed by atoms with Crippen LogP contribution in [0, 0.1) is 17.3 Å². The van der Waals surface area contributed by atoms with Crippen molar-refractivity contribution in [1.29, 1.82) is 0 Å². The predicted molar refractivity (Wildman–Crippen MR) is 86.9 cm³/mol. The lowest BCUT2D eigenvalue weighted by Gasteiger charge is -2.40. The smallest absolute Gasteiger partial charge is 0.0546 e. The number of nitrogens with zero attached hydrogens (tertiary/aromatic N) is 1. The Bertz CT molecular complexity index is 235. The number of nitrogens with two attached hydrogens (primary N) is 1. The van der Waals surface area contributed by atoms with Crippen LogP contribution in [-0.4, -0.2) is 44.3 Å². The fourth-order valence-electron chi connectivity index (χ4n) is 2.89. The summed E-state index contributed by atoms with van der Waals surface area (Å²) in [5, 5.41) is 0. The van der Waals surface area contributed by atoms with Crippen LogP contribution >= 0.6 is 0 Å². The van der Waals surface area contributed by atoms with Gasteiger partial charge in [0, 0.05) is 25.1 Å². The summed E-state index contributed by atoms with van der Waals surface area (Å²) in [6, 6.07) is 0. The summed E-state index contributed by atoms with van der Waals surface area (Å²) in [5.74, 6) is 1.54. The van der Waals surface area contributed by atoms with Crippen molar-refractivity contribution in [2.24, 2.45) is 23.0 Å². The Balaban J connectivity index is 2.55. The second kappa shape index (κ2) is 9.01. The lowest BCUT2D eigenvalue weighted by Crippen LogP contribution is -2.48. The number of hydrogen-bond acceptors (Lipinski definition) is 3. The zero-order chi connectivity index (χ0) is 15.0. The topological polar surface area (TPSA) is 38.5 Å². The van der Waals surface area contributed by atoms with Crippen LogP contribution in [0.1, 0.15) is 53.4 Å². The maximum absolute atomic E-state index is 6.09. The molecule has 0 saturated carbocycles. The Hall–Kier alpha value is -0.120.